The molecule has 2 amide bonds. The maximum Gasteiger partial charge on any atom is 0.416 e. The van der Waals surface area contributed by atoms with Gasteiger partial charge in [-0.15, -0.1) is 10.2 Å². The number of anilines is 1. The molecule has 7 nitrogen and oxygen atoms in total. The SMILES string of the molecule is Cc1ccc(-c2nnco2)cc1NC(=O)N(C)C[C@H](O)C(F)(F)F. The van der Waals surface area contributed by atoms with Crippen LogP contribution < -0.4 is 5.32 Å². The van der Waals surface area contributed by atoms with Crippen LogP contribution >= 0.6 is 0 Å². The zero-order chi connectivity index (χ0) is 17.9. The van der Waals surface area contributed by atoms with Gasteiger partial charge in [-0.05, 0) is 24.6 Å². The maximum atomic E-state index is 12.3. The second-order valence-electron chi connectivity index (χ2n) is 5.14. The van der Waals surface area contributed by atoms with Crippen molar-refractivity contribution < 1.29 is 27.5 Å². The van der Waals surface area contributed by atoms with Gasteiger partial charge in [0.1, 0.15) is 0 Å². The first kappa shape index (κ1) is 17.7. The first-order valence-electron chi connectivity index (χ1n) is 6.82. The minimum atomic E-state index is -4.79. The number of aryl methyl sites for hydroxylation is 1. The smallest absolute Gasteiger partial charge is 0.416 e. The van der Waals surface area contributed by atoms with Gasteiger partial charge < -0.3 is 19.7 Å². The Kier molecular flexibility index (Phi) is 5.07. The number of carbonyl (C=O) groups is 1. The third-order valence-electron chi connectivity index (χ3n) is 3.26. The van der Waals surface area contributed by atoms with Crippen LogP contribution in [0.4, 0.5) is 23.7 Å². The standard InChI is InChI=1S/C14H15F3N4O3/c1-8-3-4-9(12-20-18-7-24-12)5-10(8)19-13(23)21(2)6-11(22)14(15,16)17/h3-5,7,11,22H,6H2,1-2H3,(H,19,23)/t11-/m0/s1. The van der Waals surface area contributed by atoms with Crippen molar-refractivity contribution in [2.24, 2.45) is 0 Å². The minimum absolute atomic E-state index is 0.242. The van der Waals surface area contributed by atoms with Crippen molar-refractivity contribution in [2.45, 2.75) is 19.2 Å². The average molecular weight is 344 g/mol. The van der Waals surface area contributed by atoms with Crippen molar-refractivity contribution in [1.29, 1.82) is 0 Å². The molecule has 2 N–H and O–H groups in total. The molecule has 0 saturated heterocycles. The number of carbonyl (C=O) groups excluding carboxylic acids is 1. The Balaban J connectivity index is 2.10. The lowest BCUT2D eigenvalue weighted by molar-refractivity contribution is -0.205. The molecular formula is C14H15F3N4O3. The first-order valence-corrected chi connectivity index (χ1v) is 6.82. The molecule has 130 valence electrons. The third kappa shape index (κ3) is 4.22. The molecule has 2 aromatic rings. The number of nitrogens with zero attached hydrogens (tertiary/aromatic N) is 3. The van der Waals surface area contributed by atoms with E-state index in [9.17, 15) is 18.0 Å². The van der Waals surface area contributed by atoms with Crippen LogP contribution in [0.5, 0.6) is 0 Å². The van der Waals surface area contributed by atoms with Crippen LogP contribution in [0, 0.1) is 6.92 Å². The predicted molar refractivity (Wildman–Crippen MR) is 78.2 cm³/mol. The van der Waals surface area contributed by atoms with Gasteiger partial charge in [-0.2, -0.15) is 13.2 Å². The second kappa shape index (κ2) is 6.87. The lowest BCUT2D eigenvalue weighted by atomic mass is 10.1. The average Bonchev–Trinajstić information content (AvgIpc) is 3.02. The molecule has 0 aliphatic carbocycles. The van der Waals surface area contributed by atoms with Gasteiger partial charge in [-0.3, -0.25) is 0 Å². The van der Waals surface area contributed by atoms with Crippen LogP contribution in [0.2, 0.25) is 0 Å². The summed E-state index contributed by atoms with van der Waals surface area (Å²) in [7, 11) is 1.15. The lowest BCUT2D eigenvalue weighted by Crippen LogP contribution is -2.43. The van der Waals surface area contributed by atoms with Gasteiger partial charge in [0.15, 0.2) is 6.10 Å². The fourth-order valence-electron chi connectivity index (χ4n) is 1.85. The lowest BCUT2D eigenvalue weighted by Gasteiger charge is -2.23. The number of halogens is 3. The highest BCUT2D eigenvalue weighted by Gasteiger charge is 2.39. The van der Waals surface area contributed by atoms with Crippen LogP contribution in [-0.4, -0.2) is 52.1 Å². The molecule has 1 heterocycles. The highest BCUT2D eigenvalue weighted by molar-refractivity contribution is 5.90. The van der Waals surface area contributed by atoms with Crippen LogP contribution in [0.25, 0.3) is 11.5 Å². The van der Waals surface area contributed by atoms with Gasteiger partial charge in [0.2, 0.25) is 12.3 Å². The molecule has 0 saturated carbocycles. The molecular weight excluding hydrogens is 329 g/mol. The van der Waals surface area contributed by atoms with Gasteiger partial charge in [0, 0.05) is 18.3 Å². The molecule has 0 spiro atoms. The maximum absolute atomic E-state index is 12.3. The molecule has 0 unspecified atom stereocenters. The van der Waals surface area contributed by atoms with Crippen LogP contribution in [0.1, 0.15) is 5.56 Å². The van der Waals surface area contributed by atoms with Gasteiger partial charge in [0.05, 0.1) is 6.54 Å². The van der Waals surface area contributed by atoms with Gasteiger partial charge in [-0.25, -0.2) is 4.79 Å². The van der Waals surface area contributed by atoms with Gasteiger partial charge in [-0.1, -0.05) is 6.07 Å². The van der Waals surface area contributed by atoms with E-state index in [4.69, 9.17) is 9.52 Å². The summed E-state index contributed by atoms with van der Waals surface area (Å²) in [4.78, 5) is 12.8. The van der Waals surface area contributed by atoms with Crippen LogP contribution in [0.15, 0.2) is 29.0 Å². The molecule has 0 bridgehead atoms. The Morgan fingerprint density at radius 2 is 2.17 bits per heavy atom. The van der Waals surface area contributed by atoms with E-state index >= 15 is 0 Å². The molecule has 0 radical (unpaired) electrons. The molecule has 1 atom stereocenters. The Bertz CT molecular complexity index is 704. The number of hydrogen-bond donors (Lipinski definition) is 2. The molecule has 0 aliphatic rings. The van der Waals surface area contributed by atoms with Gasteiger partial charge >= 0.3 is 12.2 Å². The van der Waals surface area contributed by atoms with Crippen molar-refractivity contribution >= 4 is 11.7 Å². The first-order chi connectivity index (χ1) is 11.2. The summed E-state index contributed by atoms with van der Waals surface area (Å²) in [5.41, 5.74) is 1.62. The largest absolute Gasteiger partial charge is 0.423 e. The van der Waals surface area contributed by atoms with E-state index in [0.717, 1.165) is 18.3 Å². The Hall–Kier alpha value is -2.62. The molecule has 2 rings (SSSR count). The van der Waals surface area contributed by atoms with E-state index in [1.54, 1.807) is 25.1 Å². The second-order valence-corrected chi connectivity index (χ2v) is 5.14. The van der Waals surface area contributed by atoms with E-state index in [-0.39, 0.29) is 5.89 Å². The number of amides is 2. The van der Waals surface area contributed by atoms with E-state index < -0.39 is 24.9 Å². The number of alkyl halides is 3. The molecule has 0 aliphatic heterocycles. The summed E-state index contributed by atoms with van der Waals surface area (Å²) in [6.07, 6.45) is -6.25. The van der Waals surface area contributed by atoms with Crippen LogP contribution in [-0.2, 0) is 0 Å². The van der Waals surface area contributed by atoms with E-state index in [2.05, 4.69) is 15.5 Å². The topological polar surface area (TPSA) is 91.5 Å². The molecule has 10 heteroatoms. The van der Waals surface area contributed by atoms with E-state index in [1.165, 1.54) is 0 Å². The number of benzene rings is 1. The zero-order valence-corrected chi connectivity index (χ0v) is 12.8. The quantitative estimate of drug-likeness (QED) is 0.889. The highest BCUT2D eigenvalue weighted by Crippen LogP contribution is 2.24. The molecule has 0 fully saturated rings. The summed E-state index contributed by atoms with van der Waals surface area (Å²) in [5, 5.41) is 18.8. The van der Waals surface area contributed by atoms with Crippen molar-refractivity contribution in [2.75, 3.05) is 18.9 Å². The summed E-state index contributed by atoms with van der Waals surface area (Å²) in [5.74, 6) is 0.242. The fourth-order valence-corrected chi connectivity index (χ4v) is 1.85. The summed E-state index contributed by atoms with van der Waals surface area (Å²) in [6, 6.07) is 4.17. The molecule has 24 heavy (non-hydrogen) atoms. The number of aliphatic hydroxyl groups excluding tert-OH is 1. The summed E-state index contributed by atoms with van der Waals surface area (Å²) in [6.45, 7) is 0.843. The Labute approximate surface area is 135 Å². The number of nitrogens with one attached hydrogen (secondary N) is 1. The number of likely N-dealkylation sites (N-methyl/N-ethyl adjacent to an activating group) is 1. The number of rotatable bonds is 4. The van der Waals surface area contributed by atoms with Crippen LogP contribution in [0.3, 0.4) is 0 Å². The number of urea groups is 1. The Morgan fingerprint density at radius 3 is 2.75 bits per heavy atom. The van der Waals surface area contributed by atoms with Crippen molar-refractivity contribution in [1.82, 2.24) is 15.1 Å². The zero-order valence-electron chi connectivity index (χ0n) is 12.8. The number of aromatic nitrogens is 2. The summed E-state index contributed by atoms with van der Waals surface area (Å²) < 4.78 is 42.1. The van der Waals surface area contributed by atoms with Crippen molar-refractivity contribution in [3.05, 3.63) is 30.2 Å². The fraction of sp³-hybridized carbons (Fsp3) is 0.357. The normalized spacial score (nSPS) is 12.8. The minimum Gasteiger partial charge on any atom is -0.423 e. The molecule has 1 aromatic heterocycles. The molecule has 1 aromatic carbocycles. The number of hydrogen-bond acceptors (Lipinski definition) is 5. The van der Waals surface area contributed by atoms with Crippen molar-refractivity contribution in [3.63, 3.8) is 0 Å². The van der Waals surface area contributed by atoms with E-state index in [0.29, 0.717) is 16.8 Å². The monoisotopic (exact) mass is 344 g/mol. The van der Waals surface area contributed by atoms with Gasteiger partial charge in [0.25, 0.3) is 0 Å². The third-order valence-corrected chi connectivity index (χ3v) is 3.26. The van der Waals surface area contributed by atoms with Crippen molar-refractivity contribution in [3.8, 4) is 11.5 Å². The summed E-state index contributed by atoms with van der Waals surface area (Å²) >= 11 is 0. The van der Waals surface area contributed by atoms with E-state index in [1.807, 2.05) is 0 Å². The number of aliphatic hydroxyl groups is 1. The highest BCUT2D eigenvalue weighted by atomic mass is 19.4. The Morgan fingerprint density at radius 1 is 1.46 bits per heavy atom. The predicted octanol–water partition coefficient (Wildman–Crippen LogP) is 2.43.